The second-order valence-corrected chi connectivity index (χ2v) is 5.96. The van der Waals surface area contributed by atoms with Crippen molar-refractivity contribution >= 4 is 17.8 Å². The quantitative estimate of drug-likeness (QED) is 0.846. The van der Waals surface area contributed by atoms with E-state index in [2.05, 4.69) is 34.1 Å². The molecule has 18 heavy (non-hydrogen) atoms. The first-order valence-corrected chi connectivity index (χ1v) is 6.31. The normalized spacial score (nSPS) is 21.9. The second-order valence-electron chi connectivity index (χ2n) is 5.96. The van der Waals surface area contributed by atoms with E-state index >= 15 is 0 Å². The van der Waals surface area contributed by atoms with Gasteiger partial charge in [-0.2, -0.15) is 15.0 Å². The molecule has 0 saturated heterocycles. The molecule has 1 aliphatic rings. The molecule has 0 amide bonds. The predicted molar refractivity (Wildman–Crippen MR) is 73.6 cm³/mol. The van der Waals surface area contributed by atoms with Crippen LogP contribution in [0.25, 0.3) is 0 Å². The van der Waals surface area contributed by atoms with E-state index in [4.69, 9.17) is 5.73 Å². The molecule has 0 bridgehead atoms. The highest BCUT2D eigenvalue weighted by Crippen LogP contribution is 2.37. The van der Waals surface area contributed by atoms with Crippen LogP contribution in [0.5, 0.6) is 0 Å². The van der Waals surface area contributed by atoms with Crippen LogP contribution in [0.3, 0.4) is 0 Å². The predicted octanol–water partition coefficient (Wildman–Crippen LogP) is 1.51. The van der Waals surface area contributed by atoms with Crippen molar-refractivity contribution in [1.82, 2.24) is 15.0 Å². The maximum atomic E-state index is 5.70. The van der Waals surface area contributed by atoms with Crippen molar-refractivity contribution in [2.75, 3.05) is 30.0 Å². The molecule has 1 aliphatic carbocycles. The molecule has 6 heteroatoms. The number of nitrogens with one attached hydrogen (secondary N) is 1. The summed E-state index contributed by atoms with van der Waals surface area (Å²) in [5.74, 6) is 1.42. The smallest absolute Gasteiger partial charge is 0.231 e. The fraction of sp³-hybridized carbons (Fsp3) is 0.750. The molecule has 1 atom stereocenters. The van der Waals surface area contributed by atoms with E-state index in [0.29, 0.717) is 23.4 Å². The van der Waals surface area contributed by atoms with Crippen LogP contribution in [0.15, 0.2) is 0 Å². The molecule has 0 radical (unpaired) electrons. The van der Waals surface area contributed by atoms with Crippen molar-refractivity contribution in [1.29, 1.82) is 0 Å². The molecule has 1 unspecified atom stereocenters. The van der Waals surface area contributed by atoms with Gasteiger partial charge in [0.25, 0.3) is 0 Å². The minimum atomic E-state index is 0.258. The lowest BCUT2D eigenvalue weighted by molar-refractivity contribution is 0.378. The molecule has 2 rings (SSSR count). The lowest BCUT2D eigenvalue weighted by atomic mass is 9.92. The highest BCUT2D eigenvalue weighted by molar-refractivity contribution is 5.41. The van der Waals surface area contributed by atoms with Crippen LogP contribution >= 0.6 is 0 Å². The molecule has 0 aromatic carbocycles. The third-order valence-corrected chi connectivity index (χ3v) is 3.34. The van der Waals surface area contributed by atoms with Crippen LogP contribution in [-0.2, 0) is 0 Å². The van der Waals surface area contributed by atoms with Crippen molar-refractivity contribution in [3.63, 3.8) is 0 Å². The van der Waals surface area contributed by atoms with E-state index in [0.717, 1.165) is 12.8 Å². The van der Waals surface area contributed by atoms with E-state index < -0.39 is 0 Å². The average molecular weight is 250 g/mol. The summed E-state index contributed by atoms with van der Waals surface area (Å²) in [5.41, 5.74) is 6.10. The number of nitrogens with zero attached hydrogens (tertiary/aromatic N) is 4. The Balaban J connectivity index is 2.10. The molecule has 6 nitrogen and oxygen atoms in total. The number of nitrogens with two attached hydrogens (primary N) is 1. The van der Waals surface area contributed by atoms with Gasteiger partial charge >= 0.3 is 0 Å². The molecule has 1 aromatic rings. The third kappa shape index (κ3) is 3.00. The second kappa shape index (κ2) is 4.59. The molecule has 1 saturated carbocycles. The first-order valence-electron chi connectivity index (χ1n) is 6.31. The Hall–Kier alpha value is -1.59. The van der Waals surface area contributed by atoms with Gasteiger partial charge in [0.15, 0.2) is 0 Å². The zero-order chi connectivity index (χ0) is 13.3. The van der Waals surface area contributed by atoms with Crippen LogP contribution in [0, 0.1) is 5.41 Å². The van der Waals surface area contributed by atoms with Gasteiger partial charge < -0.3 is 16.0 Å². The van der Waals surface area contributed by atoms with Crippen molar-refractivity contribution < 1.29 is 0 Å². The van der Waals surface area contributed by atoms with Gasteiger partial charge in [0.2, 0.25) is 17.8 Å². The minimum Gasteiger partial charge on any atom is -0.368 e. The maximum absolute atomic E-state index is 5.70. The molecule has 1 fully saturated rings. The highest BCUT2D eigenvalue weighted by Gasteiger charge is 2.31. The summed E-state index contributed by atoms with van der Waals surface area (Å²) >= 11 is 0. The Morgan fingerprint density at radius 3 is 2.56 bits per heavy atom. The molecular formula is C12H22N6. The molecule has 1 aromatic heterocycles. The van der Waals surface area contributed by atoms with E-state index in [1.807, 2.05) is 19.0 Å². The largest absolute Gasteiger partial charge is 0.368 e. The first-order chi connectivity index (χ1) is 8.35. The fourth-order valence-electron chi connectivity index (χ4n) is 2.39. The first kappa shape index (κ1) is 12.9. The molecule has 0 aliphatic heterocycles. The summed E-state index contributed by atoms with van der Waals surface area (Å²) in [6.07, 6.45) is 3.51. The molecule has 100 valence electrons. The average Bonchev–Trinajstić information content (AvgIpc) is 2.57. The molecule has 0 spiro atoms. The molecular weight excluding hydrogens is 228 g/mol. The Kier molecular flexibility index (Phi) is 3.28. The Morgan fingerprint density at radius 1 is 1.28 bits per heavy atom. The standard InChI is InChI=1S/C12H22N6/c1-12(2)6-5-8(7-12)14-10-15-9(13)16-11(17-10)18(3)4/h8H,5-7H2,1-4H3,(H3,13,14,15,16,17). The van der Waals surface area contributed by atoms with E-state index in [1.54, 1.807) is 0 Å². The number of aromatic nitrogens is 3. The summed E-state index contributed by atoms with van der Waals surface area (Å²) in [4.78, 5) is 14.4. The summed E-state index contributed by atoms with van der Waals surface area (Å²) in [7, 11) is 3.77. The highest BCUT2D eigenvalue weighted by atomic mass is 15.3. The minimum absolute atomic E-state index is 0.258. The van der Waals surface area contributed by atoms with Crippen molar-refractivity contribution in [2.45, 2.75) is 39.2 Å². The molecule has 3 N–H and O–H groups in total. The SMILES string of the molecule is CN(C)c1nc(N)nc(NC2CCC(C)(C)C2)n1. The maximum Gasteiger partial charge on any atom is 0.231 e. The number of hydrogen-bond donors (Lipinski definition) is 2. The van der Waals surface area contributed by atoms with E-state index in [9.17, 15) is 0 Å². The summed E-state index contributed by atoms with van der Waals surface area (Å²) in [6.45, 7) is 4.59. The zero-order valence-electron chi connectivity index (χ0n) is 11.6. The van der Waals surface area contributed by atoms with Gasteiger partial charge in [0, 0.05) is 20.1 Å². The Labute approximate surface area is 108 Å². The monoisotopic (exact) mass is 250 g/mol. The Bertz CT molecular complexity index is 429. The van der Waals surface area contributed by atoms with E-state index in [1.165, 1.54) is 6.42 Å². The van der Waals surface area contributed by atoms with Gasteiger partial charge in [-0.25, -0.2) is 0 Å². The van der Waals surface area contributed by atoms with Crippen molar-refractivity contribution in [3.05, 3.63) is 0 Å². The van der Waals surface area contributed by atoms with Crippen molar-refractivity contribution in [3.8, 4) is 0 Å². The van der Waals surface area contributed by atoms with Crippen LogP contribution in [-0.4, -0.2) is 35.1 Å². The van der Waals surface area contributed by atoms with Gasteiger partial charge in [-0.3, -0.25) is 0 Å². The van der Waals surface area contributed by atoms with Gasteiger partial charge in [0.05, 0.1) is 0 Å². The lowest BCUT2D eigenvalue weighted by Gasteiger charge is -2.18. The Morgan fingerprint density at radius 2 is 2.00 bits per heavy atom. The number of anilines is 3. The van der Waals surface area contributed by atoms with Crippen molar-refractivity contribution in [2.24, 2.45) is 5.41 Å². The van der Waals surface area contributed by atoms with Gasteiger partial charge in [-0.1, -0.05) is 13.8 Å². The molecule has 1 heterocycles. The fourth-order valence-corrected chi connectivity index (χ4v) is 2.39. The van der Waals surface area contributed by atoms with Crippen LogP contribution in [0.1, 0.15) is 33.1 Å². The lowest BCUT2D eigenvalue weighted by Crippen LogP contribution is -2.21. The van der Waals surface area contributed by atoms with Crippen LogP contribution in [0.4, 0.5) is 17.8 Å². The van der Waals surface area contributed by atoms with Crippen LogP contribution < -0.4 is 16.0 Å². The summed E-state index contributed by atoms with van der Waals surface area (Å²) in [6, 6.07) is 0.428. The van der Waals surface area contributed by atoms with Gasteiger partial charge in [-0.05, 0) is 24.7 Å². The van der Waals surface area contributed by atoms with Gasteiger partial charge in [-0.15, -0.1) is 0 Å². The zero-order valence-corrected chi connectivity index (χ0v) is 11.6. The van der Waals surface area contributed by atoms with Gasteiger partial charge in [0.1, 0.15) is 0 Å². The number of hydrogen-bond acceptors (Lipinski definition) is 6. The third-order valence-electron chi connectivity index (χ3n) is 3.34. The number of rotatable bonds is 3. The number of nitrogen functional groups attached to an aromatic ring is 1. The summed E-state index contributed by atoms with van der Waals surface area (Å²) in [5, 5.41) is 3.36. The summed E-state index contributed by atoms with van der Waals surface area (Å²) < 4.78 is 0. The van der Waals surface area contributed by atoms with E-state index in [-0.39, 0.29) is 5.95 Å². The van der Waals surface area contributed by atoms with Crippen LogP contribution in [0.2, 0.25) is 0 Å². The topological polar surface area (TPSA) is 80.0 Å².